The van der Waals surface area contributed by atoms with Crippen LogP contribution in [0.4, 0.5) is 0 Å². The molecule has 0 atom stereocenters. The van der Waals surface area contributed by atoms with Crippen LogP contribution in [0.5, 0.6) is 0 Å². The third kappa shape index (κ3) is 7.09. The zero-order chi connectivity index (χ0) is 7.07. The van der Waals surface area contributed by atoms with E-state index in [0.717, 1.165) is 0 Å². The average Bonchev–Trinajstić information content (AvgIpc) is 2.67. The maximum atomic E-state index is 2.00. The average molecular weight is 178 g/mol. The Labute approximate surface area is 86.0 Å². The van der Waals surface area contributed by atoms with Gasteiger partial charge in [0.2, 0.25) is 0 Å². The van der Waals surface area contributed by atoms with Crippen LogP contribution in [-0.4, -0.2) is 0 Å². The summed E-state index contributed by atoms with van der Waals surface area (Å²) in [6.45, 7) is 0. The maximum absolute atomic E-state index is 2.00. The molecule has 2 rings (SSSR count). The second-order valence-corrected chi connectivity index (χ2v) is 1.92. The third-order valence-electron chi connectivity index (χ3n) is 1.11. The van der Waals surface area contributed by atoms with E-state index in [4.69, 9.17) is 0 Å². The van der Waals surface area contributed by atoms with Crippen LogP contribution in [0.25, 0.3) is 0 Å². The van der Waals surface area contributed by atoms with Crippen molar-refractivity contribution in [1.82, 2.24) is 0 Å². The van der Waals surface area contributed by atoms with E-state index in [1.807, 2.05) is 64.2 Å². The van der Waals surface area contributed by atoms with E-state index in [2.05, 4.69) is 0 Å². The molecule has 0 aliphatic heterocycles. The van der Waals surface area contributed by atoms with Gasteiger partial charge in [-0.05, 0) is 64.2 Å². The van der Waals surface area contributed by atoms with Gasteiger partial charge in [0.15, 0.2) is 0 Å². The third-order valence-corrected chi connectivity index (χ3v) is 1.11. The molecule has 0 aromatic carbocycles. The van der Waals surface area contributed by atoms with Crippen molar-refractivity contribution in [1.29, 1.82) is 0 Å². The van der Waals surface area contributed by atoms with Crippen LogP contribution in [0, 0.1) is 64.2 Å². The summed E-state index contributed by atoms with van der Waals surface area (Å²) >= 11 is 0. The molecule has 0 aromatic rings. The monoisotopic (exact) mass is 178 g/mol. The first-order chi connectivity index (χ1) is 5.00. The fourth-order valence-electron chi connectivity index (χ4n) is 0.642. The molecule has 2 fully saturated rings. The van der Waals surface area contributed by atoms with E-state index in [-0.39, 0.29) is 21.7 Å². The Morgan fingerprint density at radius 2 is 0.364 bits per heavy atom. The van der Waals surface area contributed by atoms with Crippen LogP contribution in [0.1, 0.15) is 0 Å². The summed E-state index contributed by atoms with van der Waals surface area (Å²) < 4.78 is 0. The van der Waals surface area contributed by atoms with Gasteiger partial charge in [-0.2, -0.15) is 0 Å². The second kappa shape index (κ2) is 8.81. The van der Waals surface area contributed by atoms with E-state index in [1.54, 1.807) is 0 Å². The summed E-state index contributed by atoms with van der Waals surface area (Å²) in [5.41, 5.74) is 0. The standard InChI is InChI=1S/2C5H5.Ti/c2*1-2-4-5-3-1;/h2*1-5H;/q;;+2. The molecule has 0 unspecified atom stereocenters. The molecule has 0 heterocycles. The summed E-state index contributed by atoms with van der Waals surface area (Å²) in [6.07, 6.45) is 20.0. The van der Waals surface area contributed by atoms with Gasteiger partial charge in [-0.25, -0.2) is 0 Å². The van der Waals surface area contributed by atoms with Gasteiger partial charge in [-0.15, -0.1) is 0 Å². The fraction of sp³-hybridized carbons (Fsp3) is 0. The molecule has 0 N–H and O–H groups in total. The molecule has 10 radical (unpaired) electrons. The van der Waals surface area contributed by atoms with Crippen molar-refractivity contribution < 1.29 is 21.7 Å². The smallest absolute Gasteiger partial charge is 0.0312 e. The van der Waals surface area contributed by atoms with Gasteiger partial charge >= 0.3 is 21.7 Å². The van der Waals surface area contributed by atoms with Gasteiger partial charge in [-0.3, -0.25) is 0 Å². The first-order valence-electron chi connectivity index (χ1n) is 3.33. The zero-order valence-electron chi connectivity index (χ0n) is 6.27. The Kier molecular flexibility index (Phi) is 9.38. The molecule has 0 aromatic heterocycles. The summed E-state index contributed by atoms with van der Waals surface area (Å²) in [5.74, 6) is 0. The minimum absolute atomic E-state index is 0. The minimum Gasteiger partial charge on any atom is -0.0312 e. The topological polar surface area (TPSA) is 0 Å². The van der Waals surface area contributed by atoms with Gasteiger partial charge in [0.1, 0.15) is 0 Å². The molecule has 2 saturated carbocycles. The molecule has 1 heteroatoms. The molecule has 2 aliphatic carbocycles. The van der Waals surface area contributed by atoms with Gasteiger partial charge in [-0.1, -0.05) is 0 Å². The van der Waals surface area contributed by atoms with Crippen molar-refractivity contribution in [3.63, 3.8) is 0 Å². The molecule has 52 valence electrons. The first-order valence-corrected chi connectivity index (χ1v) is 3.33. The van der Waals surface area contributed by atoms with E-state index in [0.29, 0.717) is 0 Å². The van der Waals surface area contributed by atoms with Crippen LogP contribution in [-0.2, 0) is 21.7 Å². The van der Waals surface area contributed by atoms with Gasteiger partial charge in [0, 0.05) is 0 Å². The molecule has 0 nitrogen and oxygen atoms in total. The number of hydrogen-bond donors (Lipinski definition) is 0. The predicted octanol–water partition coefficient (Wildman–Crippen LogP) is 2.04. The fourth-order valence-corrected chi connectivity index (χ4v) is 0.642. The molecular formula is C10H10Ti+2. The Balaban J connectivity index is 0.000000167. The Morgan fingerprint density at radius 1 is 0.273 bits per heavy atom. The van der Waals surface area contributed by atoms with Crippen molar-refractivity contribution in [3.8, 4) is 0 Å². The number of hydrogen-bond acceptors (Lipinski definition) is 0. The summed E-state index contributed by atoms with van der Waals surface area (Å²) in [7, 11) is 0. The van der Waals surface area contributed by atoms with Gasteiger partial charge in [0.25, 0.3) is 0 Å². The molecule has 2 aliphatic rings. The Morgan fingerprint density at radius 3 is 0.455 bits per heavy atom. The van der Waals surface area contributed by atoms with E-state index >= 15 is 0 Å². The van der Waals surface area contributed by atoms with Crippen molar-refractivity contribution in [2.75, 3.05) is 0 Å². The molecule has 0 amide bonds. The minimum atomic E-state index is 0. The normalized spacial score (nSPS) is 21.8. The molecule has 0 saturated heterocycles. The number of rotatable bonds is 0. The van der Waals surface area contributed by atoms with E-state index in [1.165, 1.54) is 0 Å². The quantitative estimate of drug-likeness (QED) is 0.498. The van der Waals surface area contributed by atoms with E-state index in [9.17, 15) is 0 Å². The van der Waals surface area contributed by atoms with Crippen molar-refractivity contribution in [2.24, 2.45) is 0 Å². The largest absolute Gasteiger partial charge is 2.00 e. The molecule has 11 heavy (non-hydrogen) atoms. The van der Waals surface area contributed by atoms with Crippen molar-refractivity contribution >= 4 is 0 Å². The summed E-state index contributed by atoms with van der Waals surface area (Å²) in [5, 5.41) is 0. The maximum Gasteiger partial charge on any atom is 2.00 e. The van der Waals surface area contributed by atoms with Crippen molar-refractivity contribution in [2.45, 2.75) is 0 Å². The van der Waals surface area contributed by atoms with Crippen LogP contribution < -0.4 is 0 Å². The van der Waals surface area contributed by atoms with Crippen LogP contribution in [0.2, 0.25) is 0 Å². The summed E-state index contributed by atoms with van der Waals surface area (Å²) in [6, 6.07) is 0. The molecule has 0 spiro atoms. The van der Waals surface area contributed by atoms with Gasteiger partial charge < -0.3 is 0 Å². The van der Waals surface area contributed by atoms with Crippen LogP contribution >= 0.6 is 0 Å². The first kappa shape index (κ1) is 11.7. The van der Waals surface area contributed by atoms with Gasteiger partial charge in [0.05, 0.1) is 0 Å². The Hall–Kier alpha value is 0.714. The predicted molar refractivity (Wildman–Crippen MR) is 43.0 cm³/mol. The molecular weight excluding hydrogens is 168 g/mol. The Bertz CT molecular complexity index is 38.1. The second-order valence-electron chi connectivity index (χ2n) is 1.92. The molecule has 0 bridgehead atoms. The zero-order valence-corrected chi connectivity index (χ0v) is 7.84. The SMILES string of the molecule is [CH]1[CH][CH][CH][CH]1.[CH]1[CH][CH][CH][CH]1.[Ti+2]. The van der Waals surface area contributed by atoms with E-state index < -0.39 is 0 Å². The van der Waals surface area contributed by atoms with Crippen molar-refractivity contribution in [3.05, 3.63) is 64.2 Å². The summed E-state index contributed by atoms with van der Waals surface area (Å²) in [4.78, 5) is 0. The van der Waals surface area contributed by atoms with Crippen LogP contribution in [0.3, 0.4) is 0 Å². The van der Waals surface area contributed by atoms with Crippen LogP contribution in [0.15, 0.2) is 0 Å².